The van der Waals surface area contributed by atoms with E-state index in [2.05, 4.69) is 22.5 Å². The van der Waals surface area contributed by atoms with Gasteiger partial charge in [0.15, 0.2) is 0 Å². The van der Waals surface area contributed by atoms with Crippen molar-refractivity contribution in [2.45, 2.75) is 25.8 Å². The van der Waals surface area contributed by atoms with Crippen molar-refractivity contribution in [1.82, 2.24) is 15.6 Å². The Morgan fingerprint density at radius 3 is 3.00 bits per heavy atom. The summed E-state index contributed by atoms with van der Waals surface area (Å²) in [5.74, 6) is 0.0934. The highest BCUT2D eigenvalue weighted by molar-refractivity contribution is 5.75. The molecule has 0 saturated heterocycles. The van der Waals surface area contributed by atoms with E-state index in [9.17, 15) is 4.79 Å². The average Bonchev–Trinajstić information content (AvgIpc) is 2.35. The number of aromatic nitrogens is 1. The van der Waals surface area contributed by atoms with Crippen molar-refractivity contribution in [3.05, 3.63) is 30.1 Å². The summed E-state index contributed by atoms with van der Waals surface area (Å²) in [5, 5.41) is 5.97. The average molecular weight is 221 g/mol. The molecule has 1 atom stereocenters. The molecule has 88 valence electrons. The first-order valence-electron chi connectivity index (χ1n) is 5.58. The molecule has 4 heteroatoms. The monoisotopic (exact) mass is 221 g/mol. The molecule has 0 aliphatic carbocycles. The third-order valence-corrected chi connectivity index (χ3v) is 2.49. The van der Waals surface area contributed by atoms with Crippen LogP contribution in [0.4, 0.5) is 0 Å². The van der Waals surface area contributed by atoms with Crippen LogP contribution in [0.3, 0.4) is 0 Å². The summed E-state index contributed by atoms with van der Waals surface area (Å²) in [5.41, 5.74) is 1.17. The van der Waals surface area contributed by atoms with Gasteiger partial charge in [-0.2, -0.15) is 0 Å². The molecule has 1 aromatic heterocycles. The van der Waals surface area contributed by atoms with Crippen molar-refractivity contribution < 1.29 is 4.79 Å². The van der Waals surface area contributed by atoms with E-state index in [1.165, 1.54) is 5.56 Å². The Hall–Kier alpha value is -1.42. The molecule has 4 nitrogen and oxygen atoms in total. The fraction of sp³-hybridized carbons (Fsp3) is 0.500. The van der Waals surface area contributed by atoms with E-state index >= 15 is 0 Å². The number of carbonyl (C=O) groups is 1. The lowest BCUT2D eigenvalue weighted by Crippen LogP contribution is -2.23. The van der Waals surface area contributed by atoms with E-state index in [0.717, 1.165) is 13.0 Å². The molecule has 1 aromatic rings. The molecular formula is C12H19N3O. The molecule has 0 radical (unpaired) electrons. The molecule has 0 spiro atoms. The van der Waals surface area contributed by atoms with Gasteiger partial charge in [0.2, 0.25) is 5.91 Å². The number of carbonyl (C=O) groups excluding carboxylic acids is 1. The lowest BCUT2D eigenvalue weighted by atomic mass is 10.1. The van der Waals surface area contributed by atoms with Crippen molar-refractivity contribution in [2.75, 3.05) is 13.6 Å². The largest absolute Gasteiger partial charge is 0.359 e. The lowest BCUT2D eigenvalue weighted by Gasteiger charge is -2.13. The molecule has 0 aliphatic heterocycles. The fourth-order valence-electron chi connectivity index (χ4n) is 1.44. The van der Waals surface area contributed by atoms with Crippen LogP contribution in [-0.4, -0.2) is 24.5 Å². The highest BCUT2D eigenvalue weighted by atomic mass is 16.1. The van der Waals surface area contributed by atoms with Crippen LogP contribution >= 0.6 is 0 Å². The number of hydrogen-bond donors (Lipinski definition) is 2. The van der Waals surface area contributed by atoms with Gasteiger partial charge in [-0.3, -0.25) is 9.78 Å². The Morgan fingerprint density at radius 1 is 1.56 bits per heavy atom. The van der Waals surface area contributed by atoms with E-state index in [1.54, 1.807) is 13.2 Å². The molecule has 1 amide bonds. The molecule has 1 heterocycles. The maximum Gasteiger partial charge on any atom is 0.219 e. The Kier molecular flexibility index (Phi) is 5.50. The van der Waals surface area contributed by atoms with Crippen LogP contribution < -0.4 is 10.6 Å². The van der Waals surface area contributed by atoms with Crippen molar-refractivity contribution in [3.8, 4) is 0 Å². The first kappa shape index (κ1) is 12.6. The maximum atomic E-state index is 11.0. The van der Waals surface area contributed by atoms with Crippen LogP contribution in [0.15, 0.2) is 24.5 Å². The highest BCUT2D eigenvalue weighted by Gasteiger charge is 2.04. The minimum atomic E-state index is 0.0934. The van der Waals surface area contributed by atoms with Gasteiger partial charge in [0.25, 0.3) is 0 Å². The molecule has 0 aliphatic rings. The zero-order chi connectivity index (χ0) is 11.8. The third kappa shape index (κ3) is 4.40. The number of pyridine rings is 1. The fourth-order valence-corrected chi connectivity index (χ4v) is 1.44. The first-order chi connectivity index (χ1) is 7.74. The quantitative estimate of drug-likeness (QED) is 0.711. The van der Waals surface area contributed by atoms with Crippen LogP contribution in [0.5, 0.6) is 0 Å². The summed E-state index contributed by atoms with van der Waals surface area (Å²) in [4.78, 5) is 15.0. The summed E-state index contributed by atoms with van der Waals surface area (Å²) in [6.45, 7) is 2.93. The molecule has 16 heavy (non-hydrogen) atoms. The number of nitrogens with one attached hydrogen (secondary N) is 2. The standard InChI is InChI=1S/C12H19N3O/c1-10(11-5-3-7-14-9-11)15-8-4-6-12(16)13-2/h3,5,7,9-10,15H,4,6,8H2,1-2H3,(H,13,16)/t10-/m1/s1. The third-order valence-electron chi connectivity index (χ3n) is 2.49. The zero-order valence-corrected chi connectivity index (χ0v) is 9.86. The molecule has 0 unspecified atom stereocenters. The minimum Gasteiger partial charge on any atom is -0.359 e. The summed E-state index contributed by atoms with van der Waals surface area (Å²) < 4.78 is 0. The van der Waals surface area contributed by atoms with E-state index in [4.69, 9.17) is 0 Å². The Balaban J connectivity index is 2.21. The van der Waals surface area contributed by atoms with Crippen LogP contribution in [0.25, 0.3) is 0 Å². The number of nitrogens with zero attached hydrogens (tertiary/aromatic N) is 1. The van der Waals surface area contributed by atoms with Gasteiger partial charge in [-0.05, 0) is 31.5 Å². The minimum absolute atomic E-state index is 0.0934. The van der Waals surface area contributed by atoms with Crippen molar-refractivity contribution >= 4 is 5.91 Å². The molecule has 0 bridgehead atoms. The van der Waals surface area contributed by atoms with Crippen LogP contribution in [-0.2, 0) is 4.79 Å². The van der Waals surface area contributed by atoms with Gasteiger partial charge in [0.1, 0.15) is 0 Å². The van der Waals surface area contributed by atoms with Gasteiger partial charge < -0.3 is 10.6 Å². The molecular weight excluding hydrogens is 202 g/mol. The van der Waals surface area contributed by atoms with E-state index in [0.29, 0.717) is 6.42 Å². The number of amides is 1. The second-order valence-corrected chi connectivity index (χ2v) is 3.74. The predicted octanol–water partition coefficient (Wildman–Crippen LogP) is 1.26. The van der Waals surface area contributed by atoms with Crippen LogP contribution in [0.1, 0.15) is 31.4 Å². The van der Waals surface area contributed by atoms with Crippen LogP contribution in [0, 0.1) is 0 Å². The topological polar surface area (TPSA) is 54.0 Å². The Morgan fingerprint density at radius 2 is 2.38 bits per heavy atom. The normalized spacial score (nSPS) is 12.1. The number of hydrogen-bond acceptors (Lipinski definition) is 3. The first-order valence-corrected chi connectivity index (χ1v) is 5.58. The van der Waals surface area contributed by atoms with Crippen LogP contribution in [0.2, 0.25) is 0 Å². The van der Waals surface area contributed by atoms with Gasteiger partial charge in [-0.25, -0.2) is 0 Å². The highest BCUT2D eigenvalue weighted by Crippen LogP contribution is 2.09. The summed E-state index contributed by atoms with van der Waals surface area (Å²) in [6.07, 6.45) is 5.05. The molecule has 0 aromatic carbocycles. The van der Waals surface area contributed by atoms with Gasteiger partial charge in [-0.1, -0.05) is 6.07 Å². The SMILES string of the molecule is CNC(=O)CCCN[C@H](C)c1cccnc1. The zero-order valence-electron chi connectivity index (χ0n) is 9.86. The van der Waals surface area contributed by atoms with Gasteiger partial charge in [0.05, 0.1) is 0 Å². The van der Waals surface area contributed by atoms with Gasteiger partial charge in [0, 0.05) is 31.9 Å². The van der Waals surface area contributed by atoms with Gasteiger partial charge in [-0.15, -0.1) is 0 Å². The van der Waals surface area contributed by atoms with Gasteiger partial charge >= 0.3 is 0 Å². The lowest BCUT2D eigenvalue weighted by molar-refractivity contribution is -0.120. The Bertz CT molecular complexity index is 313. The summed E-state index contributed by atoms with van der Waals surface area (Å²) in [6, 6.07) is 4.25. The summed E-state index contributed by atoms with van der Waals surface area (Å²) in [7, 11) is 1.66. The Labute approximate surface area is 96.5 Å². The number of rotatable bonds is 6. The van der Waals surface area contributed by atoms with E-state index in [1.807, 2.05) is 18.3 Å². The van der Waals surface area contributed by atoms with E-state index < -0.39 is 0 Å². The smallest absolute Gasteiger partial charge is 0.219 e. The molecule has 1 rings (SSSR count). The van der Waals surface area contributed by atoms with Crippen molar-refractivity contribution in [3.63, 3.8) is 0 Å². The summed E-state index contributed by atoms with van der Waals surface area (Å²) >= 11 is 0. The molecule has 2 N–H and O–H groups in total. The molecule has 0 fully saturated rings. The van der Waals surface area contributed by atoms with Crippen molar-refractivity contribution in [2.24, 2.45) is 0 Å². The predicted molar refractivity (Wildman–Crippen MR) is 64.0 cm³/mol. The van der Waals surface area contributed by atoms with E-state index in [-0.39, 0.29) is 11.9 Å². The second kappa shape index (κ2) is 6.95. The maximum absolute atomic E-state index is 11.0. The van der Waals surface area contributed by atoms with Crippen molar-refractivity contribution in [1.29, 1.82) is 0 Å². The second-order valence-electron chi connectivity index (χ2n) is 3.74. The molecule has 0 saturated carbocycles.